The summed E-state index contributed by atoms with van der Waals surface area (Å²) in [6.07, 6.45) is 1.50. The van der Waals surface area contributed by atoms with Crippen LogP contribution in [0.2, 0.25) is 0 Å². The third-order valence-electron chi connectivity index (χ3n) is 18.7. The van der Waals surface area contributed by atoms with Crippen molar-refractivity contribution in [3.8, 4) is 5.75 Å². The standard InChI is InChI=1S/C69H91N15O16/c1-38(2)29-54(66(98)77-48(59(72)91)32-42-36-73-45-16-8-7-15-44(42)45)83-37-69(35-57(83)88)25-12-28-84(69)68(100)51(31-41-19-21-43(85)22-20-41)81-63(95)49(30-40-13-5-4-6-14-40)78-62(94)46(17-9-10-26-70)76-64(96)50(33-55(71)86)79-65(97)53-18-11-27-82(53)67(99)52(34-58(89)90)80-60(92)39(3)74-61(93)47-23-24-56(87)75-47/h4-8,13-16,19-22,36,38-39,46-54,73,85H,9-12,17-18,23-35,37,70H2,1-3H3,(H2,71,86)(H2,72,91)(H,74,93)(H,75,87)(H,76,96)(H,77,98)(H,78,94)(H,79,97)(H,80,92)(H,81,95)(H,89,90)/t39-,46-,47+,48-,49-,50-,51-,52-,53-,54-,69?/m0/s1. The number of amides is 13. The Labute approximate surface area is 577 Å². The maximum absolute atomic E-state index is 15.5. The Morgan fingerprint density at radius 2 is 1.28 bits per heavy atom. The molecule has 4 aromatic rings. The molecule has 1 spiro atoms. The quantitative estimate of drug-likeness (QED) is 0.0238. The van der Waals surface area contributed by atoms with Gasteiger partial charge < -0.3 is 89.6 Å². The summed E-state index contributed by atoms with van der Waals surface area (Å²) in [5.41, 5.74) is 18.9. The van der Waals surface area contributed by atoms with Crippen molar-refractivity contribution < 1.29 is 77.3 Å². The summed E-state index contributed by atoms with van der Waals surface area (Å²) in [6, 6.07) is 8.29. The molecule has 5 heterocycles. The summed E-state index contributed by atoms with van der Waals surface area (Å²) in [5, 5.41) is 41.7. The van der Waals surface area contributed by atoms with E-state index >= 15 is 9.59 Å². The highest BCUT2D eigenvalue weighted by Crippen LogP contribution is 2.40. The first kappa shape index (κ1) is 75.3. The van der Waals surface area contributed by atoms with Crippen molar-refractivity contribution in [3.05, 3.63) is 102 Å². The SMILES string of the molecule is CC(C)C[C@@H](C(=O)N[C@@H](Cc1c[nH]c2ccccc12)C(N)=O)N1CC2(CCCN2C(=O)[C@H](Cc2ccc(O)cc2)NC(=O)[C@H](Cc2ccccc2)NC(=O)[C@H](CCCCN)NC(=O)[C@H](CC(N)=O)NC(=O)[C@@H]2CCCN2C(=O)[C@H](CC(=O)O)NC(=O)[C@H](C)NC(=O)[C@H]2CCC(=O)N2)CC1=O. The number of carbonyl (C=O) groups excluding carboxylic acids is 13. The molecule has 31 heteroatoms. The first-order valence-corrected chi connectivity index (χ1v) is 33.8. The molecular formula is C69H91N15O16. The van der Waals surface area contributed by atoms with E-state index in [1.165, 1.54) is 24.0 Å². The number of likely N-dealkylation sites (tertiary alicyclic amines) is 3. The normalized spacial score (nSPS) is 19.7. The van der Waals surface area contributed by atoms with Gasteiger partial charge in [-0.1, -0.05) is 74.5 Å². The smallest absolute Gasteiger partial charge is 0.305 e. The Morgan fingerprint density at radius 1 is 0.640 bits per heavy atom. The number of carbonyl (C=O) groups is 14. The van der Waals surface area contributed by atoms with E-state index in [0.717, 1.165) is 21.4 Å². The Morgan fingerprint density at radius 3 is 1.95 bits per heavy atom. The molecule has 8 rings (SSSR count). The molecule has 4 saturated heterocycles. The number of aliphatic carboxylic acids is 1. The van der Waals surface area contributed by atoms with Crippen molar-refractivity contribution in [2.45, 2.75) is 189 Å². The predicted octanol–water partition coefficient (Wildman–Crippen LogP) is -1.44. The Kier molecular flexibility index (Phi) is 25.9. The van der Waals surface area contributed by atoms with Gasteiger partial charge in [0, 0.05) is 62.4 Å². The van der Waals surface area contributed by atoms with Gasteiger partial charge in [-0.3, -0.25) is 67.1 Å². The van der Waals surface area contributed by atoms with Crippen molar-refractivity contribution in [1.29, 1.82) is 0 Å². The second kappa shape index (κ2) is 34.4. The van der Waals surface area contributed by atoms with E-state index in [1.54, 1.807) is 53.6 Å². The number of hydrogen-bond donors (Lipinski definition) is 14. The average molecular weight is 1390 g/mol. The van der Waals surface area contributed by atoms with Gasteiger partial charge in [-0.2, -0.15) is 0 Å². The minimum absolute atomic E-state index is 0.0159. The van der Waals surface area contributed by atoms with Gasteiger partial charge >= 0.3 is 5.97 Å². The summed E-state index contributed by atoms with van der Waals surface area (Å²) in [4.78, 5) is 200. The highest BCUT2D eigenvalue weighted by Gasteiger charge is 2.55. The van der Waals surface area contributed by atoms with Crippen molar-refractivity contribution in [1.82, 2.24) is 62.2 Å². The number of rotatable bonds is 34. The van der Waals surface area contributed by atoms with Gasteiger partial charge in [0.1, 0.15) is 66.2 Å². The molecule has 4 aliphatic heterocycles. The number of primary amides is 2. The molecule has 4 aliphatic rings. The maximum Gasteiger partial charge on any atom is 0.305 e. The van der Waals surface area contributed by atoms with Crippen LogP contribution in [-0.2, 0) is 86.4 Å². The average Bonchev–Trinajstić information content (AvgIpc) is 1.60. The van der Waals surface area contributed by atoms with Gasteiger partial charge in [0.2, 0.25) is 76.8 Å². The Balaban J connectivity index is 0.994. The molecule has 1 unspecified atom stereocenters. The molecule has 0 bridgehead atoms. The number of H-pyrrole nitrogens is 1. The van der Waals surface area contributed by atoms with Gasteiger partial charge in [-0.05, 0) is 112 Å². The van der Waals surface area contributed by atoms with Gasteiger partial charge in [0.25, 0.3) is 0 Å². The molecule has 0 saturated carbocycles. The van der Waals surface area contributed by atoms with Crippen molar-refractivity contribution >= 4 is 93.7 Å². The van der Waals surface area contributed by atoms with Crippen molar-refractivity contribution in [2.75, 3.05) is 26.2 Å². The van der Waals surface area contributed by atoms with Gasteiger partial charge in [-0.15, -0.1) is 0 Å². The zero-order chi connectivity index (χ0) is 72.5. The molecule has 11 atom stereocenters. The van der Waals surface area contributed by atoms with E-state index in [0.29, 0.717) is 30.4 Å². The summed E-state index contributed by atoms with van der Waals surface area (Å²) in [7, 11) is 0. The fourth-order valence-corrected chi connectivity index (χ4v) is 13.5. The molecule has 0 radical (unpaired) electrons. The second-order valence-electron chi connectivity index (χ2n) is 26.7. The zero-order valence-corrected chi connectivity index (χ0v) is 56.3. The van der Waals surface area contributed by atoms with Crippen LogP contribution in [0.15, 0.2) is 85.1 Å². The molecule has 4 fully saturated rings. The first-order chi connectivity index (χ1) is 47.6. The number of unbranched alkanes of at least 4 members (excludes halogenated alkanes) is 1. The number of nitrogens with zero attached hydrogens (tertiary/aromatic N) is 3. The molecule has 0 aliphatic carbocycles. The topological polar surface area (TPSA) is 479 Å². The Bertz CT molecular complexity index is 3700. The molecule has 17 N–H and O–H groups in total. The number of nitrogens with two attached hydrogens (primary N) is 3. The van der Waals surface area contributed by atoms with Crippen molar-refractivity contribution in [3.63, 3.8) is 0 Å². The third-order valence-corrected chi connectivity index (χ3v) is 18.7. The summed E-state index contributed by atoms with van der Waals surface area (Å²) in [6.45, 7) is 5.21. The summed E-state index contributed by atoms with van der Waals surface area (Å²) in [5.74, 6) is -11.9. The number of aromatic amines is 1. The summed E-state index contributed by atoms with van der Waals surface area (Å²) >= 11 is 0. The number of para-hydroxylation sites is 1. The van der Waals surface area contributed by atoms with Crippen LogP contribution in [0.1, 0.15) is 121 Å². The summed E-state index contributed by atoms with van der Waals surface area (Å²) < 4.78 is 0. The van der Waals surface area contributed by atoms with Gasteiger partial charge in [-0.25, -0.2) is 0 Å². The fraction of sp³-hybridized carbons (Fsp3) is 0.507. The molecule has 13 amide bonds. The molecule has 538 valence electrons. The van der Waals surface area contributed by atoms with E-state index in [2.05, 4.69) is 47.5 Å². The minimum Gasteiger partial charge on any atom is -0.508 e. The molecule has 100 heavy (non-hydrogen) atoms. The number of carboxylic acids is 1. The highest BCUT2D eigenvalue weighted by molar-refractivity contribution is 6.01. The lowest BCUT2D eigenvalue weighted by molar-refractivity contribution is -0.146. The predicted molar refractivity (Wildman–Crippen MR) is 360 cm³/mol. The number of benzene rings is 3. The first-order valence-electron chi connectivity index (χ1n) is 33.8. The minimum atomic E-state index is -1.78. The second-order valence-corrected chi connectivity index (χ2v) is 26.7. The number of fused-ring (bicyclic) bond motifs is 1. The number of nitrogens with one attached hydrogen (secondary N) is 9. The van der Waals surface area contributed by atoms with Gasteiger partial charge in [0.15, 0.2) is 0 Å². The van der Waals surface area contributed by atoms with E-state index in [-0.39, 0.29) is 114 Å². The fourth-order valence-electron chi connectivity index (χ4n) is 13.5. The number of aromatic hydroxyl groups is 1. The molecular weight excluding hydrogens is 1290 g/mol. The van der Waals surface area contributed by atoms with Crippen LogP contribution in [0.4, 0.5) is 0 Å². The van der Waals surface area contributed by atoms with Crippen LogP contribution in [-0.4, -0.2) is 205 Å². The van der Waals surface area contributed by atoms with Crippen LogP contribution in [0, 0.1) is 5.92 Å². The largest absolute Gasteiger partial charge is 0.508 e. The van der Waals surface area contributed by atoms with E-state index in [1.807, 2.05) is 38.1 Å². The lowest BCUT2D eigenvalue weighted by Crippen LogP contribution is -2.61. The van der Waals surface area contributed by atoms with Crippen molar-refractivity contribution in [2.24, 2.45) is 23.1 Å². The molecule has 1 aromatic heterocycles. The number of carboxylic acid groups (broad SMARTS) is 1. The van der Waals surface area contributed by atoms with Crippen LogP contribution in [0.5, 0.6) is 5.75 Å². The van der Waals surface area contributed by atoms with Crippen LogP contribution < -0.4 is 59.7 Å². The van der Waals surface area contributed by atoms with E-state index < -0.39 is 156 Å². The molecule has 3 aromatic carbocycles. The maximum atomic E-state index is 15.5. The number of hydrogen-bond acceptors (Lipinski definition) is 16. The zero-order valence-electron chi connectivity index (χ0n) is 56.3. The number of aromatic nitrogens is 1. The number of phenolic OH excluding ortho intramolecular Hbond substituents is 1. The molecule has 31 nitrogen and oxygen atoms in total. The monoisotopic (exact) mass is 1390 g/mol. The Hall–Kier alpha value is -10.5. The highest BCUT2D eigenvalue weighted by atomic mass is 16.4. The third kappa shape index (κ3) is 19.7. The lowest BCUT2D eigenvalue weighted by atomic mass is 9.93. The lowest BCUT2D eigenvalue weighted by Gasteiger charge is -2.38. The van der Waals surface area contributed by atoms with Crippen LogP contribution in [0.25, 0.3) is 10.9 Å². The number of phenols is 1. The van der Waals surface area contributed by atoms with Crippen LogP contribution >= 0.6 is 0 Å². The van der Waals surface area contributed by atoms with E-state index in [9.17, 15) is 67.7 Å². The van der Waals surface area contributed by atoms with E-state index in [4.69, 9.17) is 17.2 Å². The van der Waals surface area contributed by atoms with Gasteiger partial charge in [0.05, 0.1) is 24.8 Å². The van der Waals surface area contributed by atoms with Crippen LogP contribution in [0.3, 0.4) is 0 Å².